The van der Waals surface area contributed by atoms with Gasteiger partial charge >= 0.3 is 6.03 Å². The predicted molar refractivity (Wildman–Crippen MR) is 137 cm³/mol. The van der Waals surface area contributed by atoms with Crippen LogP contribution in [-0.4, -0.2) is 29.3 Å². The Balaban J connectivity index is 1.49. The van der Waals surface area contributed by atoms with Crippen LogP contribution < -0.4 is 10.6 Å². The van der Waals surface area contributed by atoms with Crippen molar-refractivity contribution in [3.63, 3.8) is 0 Å². The maximum absolute atomic E-state index is 13.8. The molecule has 1 aliphatic rings. The molecular formula is C29H31N3O3. The molecule has 3 aromatic carbocycles. The standard InChI is InChI=1S/C29H31N3O3/c1-3-22(4-2)26(33)30-25-17-15-21(16-18-25)19-20-32-27(34)29(31-28(32)35,23-11-7-5-8-12-23)24-13-9-6-10-14-24/h5-18,22H,3-4,19-20H2,1-2H3,(H,30,33)(H,31,35). The molecule has 1 aliphatic heterocycles. The van der Waals surface area contributed by atoms with E-state index in [1.54, 1.807) is 0 Å². The smallest absolute Gasteiger partial charge is 0.325 e. The fourth-order valence-corrected chi connectivity index (χ4v) is 4.61. The van der Waals surface area contributed by atoms with Crippen LogP contribution in [0.2, 0.25) is 0 Å². The average molecular weight is 470 g/mol. The van der Waals surface area contributed by atoms with E-state index in [0.29, 0.717) is 6.42 Å². The monoisotopic (exact) mass is 469 g/mol. The van der Waals surface area contributed by atoms with Crippen LogP contribution in [0.5, 0.6) is 0 Å². The summed E-state index contributed by atoms with van der Waals surface area (Å²) in [6.45, 7) is 4.28. The van der Waals surface area contributed by atoms with Gasteiger partial charge in [0, 0.05) is 18.2 Å². The van der Waals surface area contributed by atoms with Gasteiger partial charge in [-0.25, -0.2) is 4.79 Å². The number of amides is 4. The average Bonchev–Trinajstić information content (AvgIpc) is 3.15. The largest absolute Gasteiger partial charge is 0.326 e. The third-order valence-electron chi connectivity index (χ3n) is 6.72. The fraction of sp³-hybridized carbons (Fsp3) is 0.276. The molecule has 0 spiro atoms. The minimum Gasteiger partial charge on any atom is -0.326 e. The van der Waals surface area contributed by atoms with Crippen molar-refractivity contribution >= 4 is 23.5 Å². The number of hydrogen-bond acceptors (Lipinski definition) is 3. The summed E-state index contributed by atoms with van der Waals surface area (Å²) < 4.78 is 0. The second kappa shape index (κ2) is 10.6. The highest BCUT2D eigenvalue weighted by atomic mass is 16.2. The summed E-state index contributed by atoms with van der Waals surface area (Å²) in [6, 6.07) is 25.9. The van der Waals surface area contributed by atoms with E-state index >= 15 is 0 Å². The van der Waals surface area contributed by atoms with Crippen molar-refractivity contribution < 1.29 is 14.4 Å². The Hall–Kier alpha value is -3.93. The molecule has 1 fully saturated rings. The molecule has 35 heavy (non-hydrogen) atoms. The topological polar surface area (TPSA) is 78.5 Å². The van der Waals surface area contributed by atoms with Crippen molar-refractivity contribution in [1.82, 2.24) is 10.2 Å². The Morgan fingerprint density at radius 3 is 1.91 bits per heavy atom. The molecule has 0 bridgehead atoms. The van der Waals surface area contributed by atoms with E-state index in [9.17, 15) is 14.4 Å². The van der Waals surface area contributed by atoms with Crippen molar-refractivity contribution in [2.24, 2.45) is 5.92 Å². The quantitative estimate of drug-likeness (QED) is 0.428. The van der Waals surface area contributed by atoms with E-state index in [1.807, 2.05) is 98.8 Å². The van der Waals surface area contributed by atoms with Gasteiger partial charge in [-0.2, -0.15) is 0 Å². The van der Waals surface area contributed by atoms with Crippen LogP contribution in [-0.2, 0) is 21.5 Å². The van der Waals surface area contributed by atoms with Crippen LogP contribution in [0.25, 0.3) is 0 Å². The third kappa shape index (κ3) is 4.83. The van der Waals surface area contributed by atoms with Gasteiger partial charge in [-0.05, 0) is 48.1 Å². The van der Waals surface area contributed by atoms with Crippen molar-refractivity contribution in [3.8, 4) is 0 Å². The second-order valence-electron chi connectivity index (χ2n) is 8.82. The zero-order chi connectivity index (χ0) is 24.8. The molecule has 180 valence electrons. The molecule has 4 rings (SSSR count). The van der Waals surface area contributed by atoms with Gasteiger partial charge in [0.25, 0.3) is 5.91 Å². The van der Waals surface area contributed by atoms with Crippen LogP contribution in [0, 0.1) is 5.92 Å². The van der Waals surface area contributed by atoms with Gasteiger partial charge in [-0.15, -0.1) is 0 Å². The summed E-state index contributed by atoms with van der Waals surface area (Å²) >= 11 is 0. The summed E-state index contributed by atoms with van der Waals surface area (Å²) in [4.78, 5) is 40.4. The number of carbonyl (C=O) groups is 3. The first-order valence-corrected chi connectivity index (χ1v) is 12.1. The summed E-state index contributed by atoms with van der Waals surface area (Å²) in [5.74, 6) is -0.252. The molecule has 6 heteroatoms. The van der Waals surface area contributed by atoms with Crippen molar-refractivity contribution in [2.75, 3.05) is 11.9 Å². The van der Waals surface area contributed by atoms with E-state index < -0.39 is 11.6 Å². The summed E-state index contributed by atoms with van der Waals surface area (Å²) in [7, 11) is 0. The zero-order valence-corrected chi connectivity index (χ0v) is 20.2. The van der Waals surface area contributed by atoms with Crippen LogP contribution in [0.4, 0.5) is 10.5 Å². The maximum Gasteiger partial charge on any atom is 0.325 e. The minimum atomic E-state index is -1.25. The number of nitrogens with one attached hydrogen (secondary N) is 2. The first-order valence-electron chi connectivity index (χ1n) is 12.1. The lowest BCUT2D eigenvalue weighted by molar-refractivity contribution is -0.130. The van der Waals surface area contributed by atoms with Gasteiger partial charge in [-0.1, -0.05) is 86.6 Å². The summed E-state index contributed by atoms with van der Waals surface area (Å²) in [5.41, 5.74) is 1.92. The van der Waals surface area contributed by atoms with Crippen molar-refractivity contribution in [1.29, 1.82) is 0 Å². The number of imide groups is 1. The fourth-order valence-electron chi connectivity index (χ4n) is 4.61. The highest BCUT2D eigenvalue weighted by molar-refractivity contribution is 6.09. The van der Waals surface area contributed by atoms with Gasteiger partial charge in [-0.3, -0.25) is 14.5 Å². The zero-order valence-electron chi connectivity index (χ0n) is 20.2. The number of hydrogen-bond donors (Lipinski definition) is 2. The van der Waals surface area contributed by atoms with Crippen molar-refractivity contribution in [2.45, 2.75) is 38.6 Å². The molecule has 0 aliphatic carbocycles. The lowest BCUT2D eigenvalue weighted by Crippen LogP contribution is -2.45. The molecule has 0 saturated carbocycles. The molecule has 2 N–H and O–H groups in total. The van der Waals surface area contributed by atoms with E-state index in [4.69, 9.17) is 0 Å². The van der Waals surface area contributed by atoms with Gasteiger partial charge in [0.1, 0.15) is 0 Å². The molecule has 1 heterocycles. The predicted octanol–water partition coefficient (Wildman–Crippen LogP) is 5.10. The third-order valence-corrected chi connectivity index (χ3v) is 6.72. The Morgan fingerprint density at radius 2 is 1.40 bits per heavy atom. The van der Waals surface area contributed by atoms with Crippen LogP contribution in [0.3, 0.4) is 0 Å². The highest BCUT2D eigenvalue weighted by Crippen LogP contribution is 2.36. The summed E-state index contributed by atoms with van der Waals surface area (Å²) in [6.07, 6.45) is 2.12. The van der Waals surface area contributed by atoms with Crippen LogP contribution >= 0.6 is 0 Å². The number of anilines is 1. The highest BCUT2D eigenvalue weighted by Gasteiger charge is 2.53. The van der Waals surface area contributed by atoms with E-state index in [1.165, 1.54) is 4.90 Å². The van der Waals surface area contributed by atoms with E-state index in [0.717, 1.165) is 35.2 Å². The molecule has 0 aromatic heterocycles. The first kappa shape index (κ1) is 24.2. The van der Waals surface area contributed by atoms with E-state index in [-0.39, 0.29) is 24.3 Å². The minimum absolute atomic E-state index is 0.00358. The van der Waals surface area contributed by atoms with E-state index in [2.05, 4.69) is 10.6 Å². The number of carbonyl (C=O) groups excluding carboxylic acids is 3. The second-order valence-corrected chi connectivity index (χ2v) is 8.82. The number of benzene rings is 3. The van der Waals surface area contributed by atoms with Gasteiger partial charge in [0.05, 0.1) is 0 Å². The van der Waals surface area contributed by atoms with Gasteiger partial charge < -0.3 is 10.6 Å². The lowest BCUT2D eigenvalue weighted by Gasteiger charge is -2.28. The SMILES string of the molecule is CCC(CC)C(=O)Nc1ccc(CCN2C(=O)NC(c3ccccc3)(c3ccccc3)C2=O)cc1. The molecule has 0 unspecified atom stereocenters. The van der Waals surface area contributed by atoms with Crippen LogP contribution in [0.1, 0.15) is 43.4 Å². The Morgan fingerprint density at radius 1 is 0.857 bits per heavy atom. The number of urea groups is 1. The Bertz CT molecular complexity index is 1130. The number of nitrogens with zero attached hydrogens (tertiary/aromatic N) is 1. The van der Waals surface area contributed by atoms with Gasteiger partial charge in [0.15, 0.2) is 5.54 Å². The number of rotatable bonds is 9. The Labute approximate surface area is 206 Å². The molecule has 0 atom stereocenters. The molecular weight excluding hydrogens is 438 g/mol. The van der Waals surface area contributed by atoms with Gasteiger partial charge in [0.2, 0.25) is 5.91 Å². The molecule has 0 radical (unpaired) electrons. The maximum atomic E-state index is 13.8. The molecule has 6 nitrogen and oxygen atoms in total. The molecule has 1 saturated heterocycles. The van der Waals surface area contributed by atoms with Crippen molar-refractivity contribution in [3.05, 3.63) is 102 Å². The lowest BCUT2D eigenvalue weighted by atomic mass is 9.82. The first-order chi connectivity index (χ1) is 17.0. The normalized spacial score (nSPS) is 14.8. The molecule has 3 aromatic rings. The molecule has 4 amide bonds. The summed E-state index contributed by atoms with van der Waals surface area (Å²) in [5, 5.41) is 5.94. The van der Waals surface area contributed by atoms with Crippen LogP contribution in [0.15, 0.2) is 84.9 Å². The Kier molecular flexibility index (Phi) is 7.30.